The fourth-order valence-electron chi connectivity index (χ4n) is 3.38. The van der Waals surface area contributed by atoms with E-state index in [1.165, 1.54) is 4.90 Å². The number of benzene rings is 2. The van der Waals surface area contributed by atoms with Crippen molar-refractivity contribution in [2.75, 3.05) is 13.4 Å². The molecule has 0 saturated carbocycles. The Morgan fingerprint density at radius 1 is 1.25 bits per heavy atom. The predicted octanol–water partition coefficient (Wildman–Crippen LogP) is 4.33. The first-order valence-corrected chi connectivity index (χ1v) is 10.3. The number of hydrogen-bond donors (Lipinski definition) is 0. The standard InChI is InChI=1S/C21H21N3O3S/c1-26-16-5-3-4-14(12-16)13-24-18(10-11-19(24)25)21-22-20(23-27-21)15-6-8-17(28-2)9-7-15/h3-9,12,18H,10-11,13H2,1-2H3. The molecule has 2 heterocycles. The molecule has 1 unspecified atom stereocenters. The minimum atomic E-state index is -0.203. The van der Waals surface area contributed by atoms with Gasteiger partial charge in [-0.3, -0.25) is 4.79 Å². The average molecular weight is 395 g/mol. The van der Waals surface area contributed by atoms with Gasteiger partial charge in [-0.2, -0.15) is 4.98 Å². The summed E-state index contributed by atoms with van der Waals surface area (Å²) in [6, 6.07) is 15.6. The van der Waals surface area contributed by atoms with Crippen molar-refractivity contribution in [1.82, 2.24) is 15.0 Å². The molecule has 144 valence electrons. The topological polar surface area (TPSA) is 68.5 Å². The molecule has 0 aliphatic carbocycles. The van der Waals surface area contributed by atoms with Crippen LogP contribution < -0.4 is 4.74 Å². The van der Waals surface area contributed by atoms with Crippen LogP contribution in [0.1, 0.15) is 30.3 Å². The van der Waals surface area contributed by atoms with Gasteiger partial charge >= 0.3 is 0 Å². The van der Waals surface area contributed by atoms with Crippen molar-refractivity contribution in [3.05, 3.63) is 60.0 Å². The van der Waals surface area contributed by atoms with Crippen LogP contribution in [0.25, 0.3) is 11.4 Å². The van der Waals surface area contributed by atoms with E-state index >= 15 is 0 Å². The fourth-order valence-corrected chi connectivity index (χ4v) is 3.79. The summed E-state index contributed by atoms with van der Waals surface area (Å²) in [4.78, 5) is 20.0. The van der Waals surface area contributed by atoms with Gasteiger partial charge in [-0.1, -0.05) is 17.3 Å². The van der Waals surface area contributed by atoms with Gasteiger partial charge in [0, 0.05) is 23.4 Å². The van der Waals surface area contributed by atoms with Crippen molar-refractivity contribution in [2.24, 2.45) is 0 Å². The average Bonchev–Trinajstić information content (AvgIpc) is 3.36. The number of hydrogen-bond acceptors (Lipinski definition) is 6. The Labute approximate surface area is 167 Å². The van der Waals surface area contributed by atoms with Crippen molar-refractivity contribution < 1.29 is 14.1 Å². The number of aromatic nitrogens is 2. The van der Waals surface area contributed by atoms with Gasteiger partial charge in [-0.05, 0) is 54.6 Å². The molecule has 6 nitrogen and oxygen atoms in total. The zero-order valence-electron chi connectivity index (χ0n) is 15.8. The lowest BCUT2D eigenvalue weighted by Gasteiger charge is -2.22. The zero-order chi connectivity index (χ0) is 19.5. The van der Waals surface area contributed by atoms with Crippen LogP contribution in [0.3, 0.4) is 0 Å². The van der Waals surface area contributed by atoms with Gasteiger partial charge in [0.2, 0.25) is 17.6 Å². The molecule has 2 aromatic carbocycles. The number of carbonyl (C=O) groups is 1. The number of ether oxygens (including phenoxy) is 1. The first kappa shape index (κ1) is 18.6. The summed E-state index contributed by atoms with van der Waals surface area (Å²) in [6.45, 7) is 0.487. The molecule has 1 fully saturated rings. The Balaban J connectivity index is 1.55. The lowest BCUT2D eigenvalue weighted by molar-refractivity contribution is -0.130. The molecule has 1 saturated heterocycles. The van der Waals surface area contributed by atoms with Gasteiger partial charge in [-0.25, -0.2) is 0 Å². The van der Waals surface area contributed by atoms with Crippen LogP contribution in [-0.4, -0.2) is 34.3 Å². The van der Waals surface area contributed by atoms with Gasteiger partial charge in [0.05, 0.1) is 7.11 Å². The third-order valence-corrected chi connectivity index (χ3v) is 5.63. The molecule has 1 aliphatic heterocycles. The van der Waals surface area contributed by atoms with E-state index in [1.807, 2.05) is 59.7 Å². The summed E-state index contributed by atoms with van der Waals surface area (Å²) < 4.78 is 10.8. The molecule has 0 bridgehead atoms. The van der Waals surface area contributed by atoms with Gasteiger partial charge in [0.1, 0.15) is 11.8 Å². The molecular weight excluding hydrogens is 374 g/mol. The number of thioether (sulfide) groups is 1. The predicted molar refractivity (Wildman–Crippen MR) is 107 cm³/mol. The van der Waals surface area contributed by atoms with E-state index in [4.69, 9.17) is 9.26 Å². The summed E-state index contributed by atoms with van der Waals surface area (Å²) in [5.41, 5.74) is 1.91. The highest BCUT2D eigenvalue weighted by Crippen LogP contribution is 2.34. The van der Waals surface area contributed by atoms with Gasteiger partial charge in [0.25, 0.3) is 0 Å². The number of likely N-dealkylation sites (tertiary alicyclic amines) is 1. The summed E-state index contributed by atoms with van der Waals surface area (Å²) in [5.74, 6) is 1.90. The second kappa shape index (κ2) is 8.06. The van der Waals surface area contributed by atoms with Crippen LogP contribution in [-0.2, 0) is 11.3 Å². The highest BCUT2D eigenvalue weighted by molar-refractivity contribution is 7.98. The maximum Gasteiger partial charge on any atom is 0.249 e. The Bertz CT molecular complexity index is 971. The first-order chi connectivity index (χ1) is 13.7. The first-order valence-electron chi connectivity index (χ1n) is 9.08. The largest absolute Gasteiger partial charge is 0.497 e. The van der Waals surface area contributed by atoms with Gasteiger partial charge in [0.15, 0.2) is 0 Å². The molecule has 3 aromatic rings. The zero-order valence-corrected chi connectivity index (χ0v) is 16.6. The number of carbonyl (C=O) groups excluding carboxylic acids is 1. The highest BCUT2D eigenvalue weighted by Gasteiger charge is 2.36. The maximum absolute atomic E-state index is 12.5. The minimum absolute atomic E-state index is 0.0943. The smallest absolute Gasteiger partial charge is 0.249 e. The lowest BCUT2D eigenvalue weighted by Crippen LogP contribution is -2.27. The van der Waals surface area contributed by atoms with Crippen molar-refractivity contribution in [3.63, 3.8) is 0 Å². The quantitative estimate of drug-likeness (QED) is 0.579. The van der Waals surface area contributed by atoms with Crippen molar-refractivity contribution in [2.45, 2.75) is 30.3 Å². The Kier molecular flexibility index (Phi) is 5.34. The summed E-state index contributed by atoms with van der Waals surface area (Å²) in [5, 5.41) is 4.13. The lowest BCUT2D eigenvalue weighted by atomic mass is 10.1. The number of rotatable bonds is 6. The van der Waals surface area contributed by atoms with Gasteiger partial charge in [-0.15, -0.1) is 11.8 Å². The van der Waals surface area contributed by atoms with E-state index in [-0.39, 0.29) is 11.9 Å². The van der Waals surface area contributed by atoms with Crippen LogP contribution in [0.15, 0.2) is 57.9 Å². The van der Waals surface area contributed by atoms with E-state index in [9.17, 15) is 4.79 Å². The molecule has 1 atom stereocenters. The normalized spacial score (nSPS) is 16.6. The summed E-state index contributed by atoms with van der Waals surface area (Å²) in [7, 11) is 1.63. The van der Waals surface area contributed by atoms with E-state index < -0.39 is 0 Å². The summed E-state index contributed by atoms with van der Waals surface area (Å²) in [6.07, 6.45) is 3.19. The molecular formula is C21H21N3O3S. The number of methoxy groups -OCH3 is 1. The van der Waals surface area contributed by atoms with Crippen LogP contribution >= 0.6 is 11.8 Å². The van der Waals surface area contributed by atoms with Crippen molar-refractivity contribution in [1.29, 1.82) is 0 Å². The summed E-state index contributed by atoms with van der Waals surface area (Å²) >= 11 is 1.68. The third kappa shape index (κ3) is 3.75. The van der Waals surface area contributed by atoms with E-state index in [2.05, 4.69) is 10.1 Å². The SMILES string of the molecule is COc1cccc(CN2C(=O)CCC2c2nc(-c3ccc(SC)cc3)no2)c1. The Hall–Kier alpha value is -2.80. The fraction of sp³-hybridized carbons (Fsp3) is 0.286. The second-order valence-corrected chi connectivity index (χ2v) is 7.49. The molecule has 4 rings (SSSR count). The minimum Gasteiger partial charge on any atom is -0.497 e. The second-order valence-electron chi connectivity index (χ2n) is 6.61. The van der Waals surface area contributed by atoms with E-state index in [0.29, 0.717) is 31.1 Å². The highest BCUT2D eigenvalue weighted by atomic mass is 32.2. The maximum atomic E-state index is 12.5. The van der Waals surface area contributed by atoms with Crippen LogP contribution in [0.5, 0.6) is 5.75 Å². The van der Waals surface area contributed by atoms with Crippen molar-refractivity contribution >= 4 is 17.7 Å². The van der Waals surface area contributed by atoms with Gasteiger partial charge < -0.3 is 14.2 Å². The molecule has 28 heavy (non-hydrogen) atoms. The van der Waals surface area contributed by atoms with Crippen LogP contribution in [0.4, 0.5) is 0 Å². The van der Waals surface area contributed by atoms with E-state index in [1.54, 1.807) is 18.9 Å². The molecule has 0 radical (unpaired) electrons. The molecule has 1 aromatic heterocycles. The van der Waals surface area contributed by atoms with E-state index in [0.717, 1.165) is 16.9 Å². The molecule has 7 heteroatoms. The van der Waals surface area contributed by atoms with Crippen LogP contribution in [0, 0.1) is 0 Å². The Morgan fingerprint density at radius 2 is 2.07 bits per heavy atom. The molecule has 0 spiro atoms. The molecule has 0 N–H and O–H groups in total. The monoisotopic (exact) mass is 395 g/mol. The Morgan fingerprint density at radius 3 is 2.82 bits per heavy atom. The number of nitrogens with zero attached hydrogens (tertiary/aromatic N) is 3. The number of amides is 1. The third-order valence-electron chi connectivity index (χ3n) is 4.89. The molecule has 1 amide bonds. The van der Waals surface area contributed by atoms with Crippen LogP contribution in [0.2, 0.25) is 0 Å². The molecule has 1 aliphatic rings. The van der Waals surface area contributed by atoms with Crippen molar-refractivity contribution in [3.8, 4) is 17.1 Å².